The fraction of sp³-hybridized carbons (Fsp3) is 0.294. The van der Waals surface area contributed by atoms with Gasteiger partial charge in [-0.05, 0) is 0 Å². The summed E-state index contributed by atoms with van der Waals surface area (Å²) in [5.41, 5.74) is 0.209. The molecule has 1 aromatic carbocycles. The number of carbonyl (C=O) groups excluding carboxylic acids is 2. The lowest BCUT2D eigenvalue weighted by Crippen LogP contribution is -2.40. The zero-order chi connectivity index (χ0) is 19.6. The van der Waals surface area contributed by atoms with Crippen LogP contribution in [0.25, 0.3) is 0 Å². The maximum absolute atomic E-state index is 12.6. The maximum atomic E-state index is 12.6. The first kappa shape index (κ1) is 18.8. The molecule has 0 bridgehead atoms. The van der Waals surface area contributed by atoms with E-state index in [9.17, 15) is 14.4 Å². The van der Waals surface area contributed by atoms with Gasteiger partial charge in [0.05, 0.1) is 31.1 Å². The van der Waals surface area contributed by atoms with Crippen molar-refractivity contribution in [3.63, 3.8) is 0 Å². The first-order valence-electron chi connectivity index (χ1n) is 7.95. The first-order valence-corrected chi connectivity index (χ1v) is 8.94. The molecule has 0 spiro atoms. The van der Waals surface area contributed by atoms with Gasteiger partial charge in [-0.3, -0.25) is 14.4 Å². The summed E-state index contributed by atoms with van der Waals surface area (Å²) in [4.78, 5) is 38.8. The van der Waals surface area contributed by atoms with Crippen molar-refractivity contribution in [2.75, 3.05) is 37.2 Å². The van der Waals surface area contributed by atoms with Crippen LogP contribution in [0.2, 0.25) is 0 Å². The summed E-state index contributed by atoms with van der Waals surface area (Å²) in [6, 6.07) is 4.94. The number of methoxy groups -OCH3 is 2. The van der Waals surface area contributed by atoms with Crippen LogP contribution in [0.3, 0.4) is 0 Å². The Kier molecular flexibility index (Phi) is 5.36. The van der Waals surface area contributed by atoms with E-state index in [1.807, 2.05) is 0 Å². The van der Waals surface area contributed by atoms with Gasteiger partial charge in [0.25, 0.3) is 5.56 Å². The fourth-order valence-corrected chi connectivity index (χ4v) is 3.52. The van der Waals surface area contributed by atoms with E-state index in [1.54, 1.807) is 18.2 Å². The quantitative estimate of drug-likeness (QED) is 0.811. The van der Waals surface area contributed by atoms with Crippen LogP contribution in [0, 0.1) is 0 Å². The molecule has 3 rings (SSSR count). The Morgan fingerprint density at radius 1 is 1.22 bits per heavy atom. The summed E-state index contributed by atoms with van der Waals surface area (Å²) >= 11 is 1.26. The highest BCUT2D eigenvalue weighted by Crippen LogP contribution is 2.30. The zero-order valence-corrected chi connectivity index (χ0v) is 15.8. The Labute approximate surface area is 159 Å². The number of carbonyl (C=O) groups is 2. The van der Waals surface area contributed by atoms with Gasteiger partial charge in [0.1, 0.15) is 23.7 Å². The molecule has 0 unspecified atom stereocenters. The van der Waals surface area contributed by atoms with Crippen LogP contribution in [0.15, 0.2) is 34.1 Å². The van der Waals surface area contributed by atoms with Gasteiger partial charge in [-0.15, -0.1) is 11.8 Å². The summed E-state index contributed by atoms with van der Waals surface area (Å²) in [5, 5.41) is 6.72. The van der Waals surface area contributed by atoms with Crippen LogP contribution < -0.4 is 25.2 Å². The van der Waals surface area contributed by atoms with Gasteiger partial charge in [0.15, 0.2) is 0 Å². The molecule has 0 fully saturated rings. The molecule has 9 nitrogen and oxygen atoms in total. The topological polar surface area (TPSA) is 103 Å². The Hall–Kier alpha value is -3.01. The SMILES string of the molecule is COc1cc(NC(=O)Cn2ncc3c(c2=O)N(C)C(=O)CS3)cc(OC)c1. The standard InChI is InChI=1S/C17H18N4O5S/c1-20-15(23)9-27-13-7-18-21(17(24)16(13)20)8-14(22)19-10-4-11(25-2)6-12(5-10)26-3/h4-7H,8-9H2,1-3H3,(H,19,22). The molecule has 0 saturated carbocycles. The molecular weight excluding hydrogens is 372 g/mol. The van der Waals surface area contributed by atoms with Crippen molar-refractivity contribution in [2.24, 2.45) is 0 Å². The average molecular weight is 390 g/mol. The van der Waals surface area contributed by atoms with E-state index < -0.39 is 11.5 Å². The molecule has 0 atom stereocenters. The number of aromatic nitrogens is 2. The molecule has 1 aliphatic rings. The normalized spacial score (nSPS) is 13.1. The molecule has 142 valence electrons. The number of benzene rings is 1. The van der Waals surface area contributed by atoms with E-state index in [-0.39, 0.29) is 23.9 Å². The predicted octanol–water partition coefficient (Wildman–Crippen LogP) is 0.968. The average Bonchev–Trinajstić information content (AvgIpc) is 2.66. The predicted molar refractivity (Wildman–Crippen MR) is 101 cm³/mol. The van der Waals surface area contributed by atoms with Gasteiger partial charge < -0.3 is 19.7 Å². The Bertz CT molecular complexity index is 937. The number of nitrogens with one attached hydrogen (secondary N) is 1. The molecule has 1 aliphatic heterocycles. The summed E-state index contributed by atoms with van der Waals surface area (Å²) in [6.45, 7) is -0.293. The molecule has 2 amide bonds. The molecule has 0 radical (unpaired) electrons. The zero-order valence-electron chi connectivity index (χ0n) is 15.0. The number of ether oxygens (including phenoxy) is 2. The van der Waals surface area contributed by atoms with E-state index in [4.69, 9.17) is 9.47 Å². The highest BCUT2D eigenvalue weighted by Gasteiger charge is 2.26. The molecule has 1 aromatic heterocycles. The summed E-state index contributed by atoms with van der Waals surface area (Å²) in [5.74, 6) is 0.677. The van der Waals surface area contributed by atoms with Gasteiger partial charge in [0.2, 0.25) is 11.8 Å². The molecule has 2 heterocycles. The molecule has 2 aromatic rings. The van der Waals surface area contributed by atoms with Crippen molar-refractivity contribution in [1.82, 2.24) is 9.78 Å². The van der Waals surface area contributed by atoms with Gasteiger partial charge in [0, 0.05) is 30.9 Å². The Morgan fingerprint density at radius 3 is 2.52 bits per heavy atom. The Morgan fingerprint density at radius 2 is 1.89 bits per heavy atom. The molecule has 0 aliphatic carbocycles. The van der Waals surface area contributed by atoms with E-state index in [1.165, 1.54) is 44.1 Å². The van der Waals surface area contributed by atoms with Crippen LogP contribution in [0.4, 0.5) is 11.4 Å². The lowest BCUT2D eigenvalue weighted by Gasteiger charge is -2.24. The van der Waals surface area contributed by atoms with E-state index in [2.05, 4.69) is 10.4 Å². The number of hydrogen-bond donors (Lipinski definition) is 1. The maximum Gasteiger partial charge on any atom is 0.292 e. The van der Waals surface area contributed by atoms with Gasteiger partial charge in [-0.25, -0.2) is 4.68 Å². The summed E-state index contributed by atoms with van der Waals surface area (Å²) in [7, 11) is 4.55. The molecule has 27 heavy (non-hydrogen) atoms. The second kappa shape index (κ2) is 7.70. The number of nitrogens with zero attached hydrogens (tertiary/aromatic N) is 3. The largest absolute Gasteiger partial charge is 0.497 e. The van der Waals surface area contributed by atoms with Gasteiger partial charge in [-0.1, -0.05) is 0 Å². The second-order valence-corrected chi connectivity index (χ2v) is 6.73. The molecule has 1 N–H and O–H groups in total. The van der Waals surface area contributed by atoms with Crippen LogP contribution in [-0.2, 0) is 16.1 Å². The number of amides is 2. The van der Waals surface area contributed by atoms with E-state index >= 15 is 0 Å². The summed E-state index contributed by atoms with van der Waals surface area (Å²) < 4.78 is 11.4. The van der Waals surface area contributed by atoms with Crippen molar-refractivity contribution in [2.45, 2.75) is 11.4 Å². The minimum Gasteiger partial charge on any atom is -0.497 e. The van der Waals surface area contributed by atoms with Crippen LogP contribution in [0.1, 0.15) is 0 Å². The highest BCUT2D eigenvalue weighted by molar-refractivity contribution is 8.00. The van der Waals surface area contributed by atoms with Crippen LogP contribution in [0.5, 0.6) is 11.5 Å². The summed E-state index contributed by atoms with van der Waals surface area (Å²) in [6.07, 6.45) is 1.49. The fourth-order valence-electron chi connectivity index (χ4n) is 2.57. The second-order valence-electron chi connectivity index (χ2n) is 5.71. The van der Waals surface area contributed by atoms with Crippen molar-refractivity contribution in [1.29, 1.82) is 0 Å². The third-order valence-corrected chi connectivity index (χ3v) is 4.98. The van der Waals surface area contributed by atoms with Crippen molar-refractivity contribution in [3.8, 4) is 11.5 Å². The number of rotatable bonds is 5. The highest BCUT2D eigenvalue weighted by atomic mass is 32.2. The minimum atomic E-state index is -0.492. The van der Waals surface area contributed by atoms with Crippen molar-refractivity contribution >= 4 is 35.0 Å². The van der Waals surface area contributed by atoms with E-state index in [0.717, 1.165) is 4.68 Å². The molecule has 10 heteroatoms. The smallest absolute Gasteiger partial charge is 0.292 e. The number of hydrogen-bond acceptors (Lipinski definition) is 7. The number of fused-ring (bicyclic) bond motifs is 1. The van der Waals surface area contributed by atoms with E-state index in [0.29, 0.717) is 22.1 Å². The minimum absolute atomic E-state index is 0.171. The van der Waals surface area contributed by atoms with Crippen molar-refractivity contribution < 1.29 is 19.1 Å². The van der Waals surface area contributed by atoms with Crippen molar-refractivity contribution in [3.05, 3.63) is 34.7 Å². The lowest BCUT2D eigenvalue weighted by molar-refractivity contribution is -0.117. The number of thioether (sulfide) groups is 1. The third-order valence-electron chi connectivity index (χ3n) is 3.97. The van der Waals surface area contributed by atoms with Gasteiger partial charge >= 0.3 is 0 Å². The van der Waals surface area contributed by atoms with Crippen LogP contribution in [-0.4, -0.2) is 48.6 Å². The first-order chi connectivity index (χ1) is 12.9. The monoisotopic (exact) mass is 390 g/mol. The lowest BCUT2D eigenvalue weighted by atomic mass is 10.2. The molecule has 0 saturated heterocycles. The van der Waals surface area contributed by atoms with Crippen LogP contribution >= 0.6 is 11.8 Å². The number of anilines is 2. The Balaban J connectivity index is 1.81. The van der Waals surface area contributed by atoms with Gasteiger partial charge in [-0.2, -0.15) is 5.10 Å². The third kappa shape index (κ3) is 3.90. The molecular formula is C17H18N4O5S.